The van der Waals surface area contributed by atoms with Gasteiger partial charge in [0.1, 0.15) is 0 Å². The van der Waals surface area contributed by atoms with Gasteiger partial charge in [0.15, 0.2) is 5.82 Å². The fraction of sp³-hybridized carbons (Fsp3) is 0.125. The van der Waals surface area contributed by atoms with E-state index in [0.29, 0.717) is 0 Å². The highest BCUT2D eigenvalue weighted by Crippen LogP contribution is 2.18. The summed E-state index contributed by atoms with van der Waals surface area (Å²) in [6.45, 7) is 0.854. The fourth-order valence-corrected chi connectivity index (χ4v) is 2.13. The molecule has 1 heterocycles. The van der Waals surface area contributed by atoms with Gasteiger partial charge < -0.3 is 5.32 Å². The SMILES string of the molecule is c1ccc(CCNc2nncc3ccccc23)cc1. The summed E-state index contributed by atoms with van der Waals surface area (Å²) in [7, 11) is 0. The fourth-order valence-electron chi connectivity index (χ4n) is 2.13. The molecule has 1 aromatic heterocycles. The molecule has 0 atom stereocenters. The molecule has 3 rings (SSSR count). The number of nitrogens with zero attached hydrogens (tertiary/aromatic N) is 2. The third kappa shape index (κ3) is 2.71. The molecule has 0 spiro atoms. The molecule has 94 valence electrons. The van der Waals surface area contributed by atoms with Crippen LogP contribution in [0.3, 0.4) is 0 Å². The molecule has 0 saturated heterocycles. The highest BCUT2D eigenvalue weighted by atomic mass is 15.2. The van der Waals surface area contributed by atoms with Gasteiger partial charge >= 0.3 is 0 Å². The quantitative estimate of drug-likeness (QED) is 0.771. The molecule has 3 heteroatoms. The number of fused-ring (bicyclic) bond motifs is 1. The zero-order valence-electron chi connectivity index (χ0n) is 10.6. The van der Waals surface area contributed by atoms with E-state index in [2.05, 4.69) is 45.8 Å². The van der Waals surface area contributed by atoms with Crippen molar-refractivity contribution in [1.29, 1.82) is 0 Å². The van der Waals surface area contributed by atoms with Crippen LogP contribution in [0.2, 0.25) is 0 Å². The molecule has 2 aromatic carbocycles. The van der Waals surface area contributed by atoms with E-state index in [-0.39, 0.29) is 0 Å². The van der Waals surface area contributed by atoms with E-state index in [0.717, 1.165) is 29.6 Å². The van der Waals surface area contributed by atoms with Gasteiger partial charge in [-0.1, -0.05) is 54.6 Å². The molecule has 3 nitrogen and oxygen atoms in total. The molecule has 0 amide bonds. The van der Waals surface area contributed by atoms with Crippen LogP contribution in [0.5, 0.6) is 0 Å². The van der Waals surface area contributed by atoms with E-state index in [4.69, 9.17) is 0 Å². The Morgan fingerprint density at radius 3 is 2.58 bits per heavy atom. The Labute approximate surface area is 112 Å². The van der Waals surface area contributed by atoms with Crippen LogP contribution in [0, 0.1) is 0 Å². The number of nitrogens with one attached hydrogen (secondary N) is 1. The molecule has 0 radical (unpaired) electrons. The third-order valence-corrected chi connectivity index (χ3v) is 3.12. The maximum Gasteiger partial charge on any atom is 0.156 e. The van der Waals surface area contributed by atoms with Crippen LogP contribution in [0.15, 0.2) is 60.8 Å². The standard InChI is InChI=1S/C16H15N3/c1-2-6-13(7-3-1)10-11-17-16-15-9-5-4-8-14(15)12-18-19-16/h1-9,12H,10-11H2,(H,17,19). The normalized spacial score (nSPS) is 10.5. The molecule has 0 unspecified atom stereocenters. The van der Waals surface area contributed by atoms with Crippen LogP contribution in [-0.4, -0.2) is 16.7 Å². The summed E-state index contributed by atoms with van der Waals surface area (Å²) in [4.78, 5) is 0. The van der Waals surface area contributed by atoms with Gasteiger partial charge in [-0.25, -0.2) is 0 Å². The Morgan fingerprint density at radius 1 is 0.895 bits per heavy atom. The highest BCUT2D eigenvalue weighted by molar-refractivity contribution is 5.90. The average Bonchev–Trinajstić information content (AvgIpc) is 2.49. The minimum absolute atomic E-state index is 0.854. The van der Waals surface area contributed by atoms with E-state index in [1.54, 1.807) is 6.20 Å². The summed E-state index contributed by atoms with van der Waals surface area (Å²) in [5, 5.41) is 13.8. The first-order chi connectivity index (χ1) is 9.43. The molecule has 0 fully saturated rings. The first-order valence-electron chi connectivity index (χ1n) is 6.42. The predicted octanol–water partition coefficient (Wildman–Crippen LogP) is 3.28. The average molecular weight is 249 g/mol. The van der Waals surface area contributed by atoms with Gasteiger partial charge in [-0.05, 0) is 12.0 Å². The van der Waals surface area contributed by atoms with Crippen molar-refractivity contribution >= 4 is 16.6 Å². The van der Waals surface area contributed by atoms with Crippen molar-refractivity contribution in [2.45, 2.75) is 6.42 Å². The van der Waals surface area contributed by atoms with Crippen molar-refractivity contribution in [3.63, 3.8) is 0 Å². The van der Waals surface area contributed by atoms with E-state index >= 15 is 0 Å². The molecule has 3 aromatic rings. The van der Waals surface area contributed by atoms with Crippen LogP contribution >= 0.6 is 0 Å². The predicted molar refractivity (Wildman–Crippen MR) is 78.2 cm³/mol. The number of aromatic nitrogens is 2. The lowest BCUT2D eigenvalue weighted by molar-refractivity contribution is 0.977. The molecule has 0 aliphatic carbocycles. The van der Waals surface area contributed by atoms with Crippen LogP contribution in [0.25, 0.3) is 10.8 Å². The van der Waals surface area contributed by atoms with Crippen molar-refractivity contribution < 1.29 is 0 Å². The minimum atomic E-state index is 0.854. The van der Waals surface area contributed by atoms with E-state index < -0.39 is 0 Å². The first kappa shape index (κ1) is 11.7. The first-order valence-corrected chi connectivity index (χ1v) is 6.42. The van der Waals surface area contributed by atoms with Crippen molar-refractivity contribution in [3.8, 4) is 0 Å². The second-order valence-electron chi connectivity index (χ2n) is 4.44. The molecule has 0 aliphatic rings. The lowest BCUT2D eigenvalue weighted by atomic mass is 10.1. The second-order valence-corrected chi connectivity index (χ2v) is 4.44. The summed E-state index contributed by atoms with van der Waals surface area (Å²) in [5.41, 5.74) is 1.32. The van der Waals surface area contributed by atoms with E-state index in [1.165, 1.54) is 5.56 Å². The van der Waals surface area contributed by atoms with Crippen LogP contribution < -0.4 is 5.32 Å². The molecule has 0 saturated carbocycles. The Kier molecular flexibility index (Phi) is 3.36. The molecule has 19 heavy (non-hydrogen) atoms. The van der Waals surface area contributed by atoms with E-state index in [9.17, 15) is 0 Å². The van der Waals surface area contributed by atoms with Crippen molar-refractivity contribution in [2.24, 2.45) is 0 Å². The van der Waals surface area contributed by atoms with Gasteiger partial charge in [-0.2, -0.15) is 5.10 Å². The zero-order valence-corrected chi connectivity index (χ0v) is 10.6. The smallest absolute Gasteiger partial charge is 0.156 e. The lowest BCUT2D eigenvalue weighted by Gasteiger charge is -2.07. The van der Waals surface area contributed by atoms with Crippen LogP contribution in [-0.2, 0) is 6.42 Å². The van der Waals surface area contributed by atoms with Gasteiger partial charge in [-0.15, -0.1) is 5.10 Å². The van der Waals surface area contributed by atoms with Gasteiger partial charge in [0.05, 0.1) is 6.20 Å². The molecular formula is C16H15N3. The maximum atomic E-state index is 4.18. The topological polar surface area (TPSA) is 37.8 Å². The third-order valence-electron chi connectivity index (χ3n) is 3.12. The molecule has 0 aliphatic heterocycles. The Morgan fingerprint density at radius 2 is 1.68 bits per heavy atom. The minimum Gasteiger partial charge on any atom is -0.368 e. The highest BCUT2D eigenvalue weighted by Gasteiger charge is 2.01. The summed E-state index contributed by atoms with van der Waals surface area (Å²) < 4.78 is 0. The zero-order chi connectivity index (χ0) is 12.9. The molecule has 1 N–H and O–H groups in total. The number of hydrogen-bond acceptors (Lipinski definition) is 3. The largest absolute Gasteiger partial charge is 0.368 e. The van der Waals surface area contributed by atoms with Gasteiger partial charge in [0.25, 0.3) is 0 Å². The summed E-state index contributed by atoms with van der Waals surface area (Å²) >= 11 is 0. The van der Waals surface area contributed by atoms with E-state index in [1.807, 2.05) is 24.3 Å². The van der Waals surface area contributed by atoms with Crippen molar-refractivity contribution in [1.82, 2.24) is 10.2 Å². The number of rotatable bonds is 4. The summed E-state index contributed by atoms with van der Waals surface area (Å²) in [5.74, 6) is 0.856. The monoisotopic (exact) mass is 249 g/mol. The van der Waals surface area contributed by atoms with Crippen LogP contribution in [0.4, 0.5) is 5.82 Å². The maximum absolute atomic E-state index is 4.18. The van der Waals surface area contributed by atoms with Gasteiger partial charge in [0, 0.05) is 17.3 Å². The number of anilines is 1. The van der Waals surface area contributed by atoms with Crippen molar-refractivity contribution in [2.75, 3.05) is 11.9 Å². The molecule has 0 bridgehead atoms. The lowest BCUT2D eigenvalue weighted by Crippen LogP contribution is -2.07. The number of benzene rings is 2. The second kappa shape index (κ2) is 5.48. The Bertz CT molecular complexity index is 660. The van der Waals surface area contributed by atoms with Crippen LogP contribution in [0.1, 0.15) is 5.56 Å². The van der Waals surface area contributed by atoms with Crippen molar-refractivity contribution in [3.05, 3.63) is 66.4 Å². The number of hydrogen-bond donors (Lipinski definition) is 1. The Balaban J connectivity index is 1.72. The summed E-state index contributed by atoms with van der Waals surface area (Å²) in [6, 6.07) is 18.6. The Hall–Kier alpha value is -2.42. The summed E-state index contributed by atoms with van der Waals surface area (Å²) in [6.07, 6.45) is 2.77. The van der Waals surface area contributed by atoms with Gasteiger partial charge in [-0.3, -0.25) is 0 Å². The van der Waals surface area contributed by atoms with Gasteiger partial charge in [0.2, 0.25) is 0 Å². The molecular weight excluding hydrogens is 234 g/mol.